The fourth-order valence-electron chi connectivity index (χ4n) is 3.66. The Morgan fingerprint density at radius 2 is 1.69 bits per heavy atom. The second-order valence-electron chi connectivity index (χ2n) is 6.78. The topological polar surface area (TPSA) is 73.1 Å². The highest BCUT2D eigenvalue weighted by Gasteiger charge is 2.33. The van der Waals surface area contributed by atoms with Crippen molar-refractivity contribution in [2.75, 3.05) is 18.8 Å². The van der Waals surface area contributed by atoms with Crippen LogP contribution in [0.3, 0.4) is 0 Å². The monoisotopic (exact) mass is 370 g/mol. The van der Waals surface area contributed by atoms with Crippen LogP contribution in [0.5, 0.6) is 0 Å². The van der Waals surface area contributed by atoms with Crippen molar-refractivity contribution in [3.8, 4) is 0 Å². The molecule has 0 saturated carbocycles. The van der Waals surface area contributed by atoms with E-state index in [2.05, 4.69) is 9.30 Å². The molecule has 0 radical (unpaired) electrons. The van der Waals surface area contributed by atoms with E-state index in [0.717, 1.165) is 30.8 Å². The number of carbonyl (C=O) groups is 1. The molecular weight excluding hydrogens is 348 g/mol. The molecular formula is C20H22N2O3S. The summed E-state index contributed by atoms with van der Waals surface area (Å²) in [5, 5.41) is 0. The predicted octanol–water partition coefficient (Wildman–Crippen LogP) is 4.17. The molecule has 0 aliphatic carbocycles. The van der Waals surface area contributed by atoms with Crippen LogP contribution < -0.4 is 0 Å². The summed E-state index contributed by atoms with van der Waals surface area (Å²) in [6, 6.07) is 16.9. The highest BCUT2D eigenvalue weighted by atomic mass is 32.3. The van der Waals surface area contributed by atoms with Gasteiger partial charge in [0.25, 0.3) is 0 Å². The number of nitrogens with zero attached hydrogens (tertiary/aromatic N) is 2. The first-order valence-corrected chi connectivity index (χ1v) is 10.5. The molecule has 0 amide bonds. The van der Waals surface area contributed by atoms with Gasteiger partial charge < -0.3 is 4.90 Å². The first kappa shape index (κ1) is 17.3. The van der Waals surface area contributed by atoms with Gasteiger partial charge >= 0.3 is 0 Å². The molecule has 2 aromatic rings. The third-order valence-electron chi connectivity index (χ3n) is 5.04. The van der Waals surface area contributed by atoms with Gasteiger partial charge in [-0.1, -0.05) is 65.4 Å². The Labute approximate surface area is 154 Å². The van der Waals surface area contributed by atoms with E-state index in [1.54, 1.807) is 0 Å². The summed E-state index contributed by atoms with van der Waals surface area (Å²) in [5.74, 6) is 1.15. The molecule has 0 bridgehead atoms. The molecule has 0 aromatic heterocycles. The number of fused-ring (bicyclic) bond motifs is 1. The van der Waals surface area contributed by atoms with Gasteiger partial charge in [0.2, 0.25) is 0 Å². The average molecular weight is 370 g/mol. The van der Waals surface area contributed by atoms with Gasteiger partial charge in [0, 0.05) is 30.1 Å². The van der Waals surface area contributed by atoms with Crippen LogP contribution in [0.4, 0.5) is 0 Å². The van der Waals surface area contributed by atoms with Crippen molar-refractivity contribution in [3.05, 3.63) is 71.3 Å². The zero-order valence-corrected chi connectivity index (χ0v) is 15.2. The highest BCUT2D eigenvalue weighted by Crippen LogP contribution is 2.46. The predicted molar refractivity (Wildman–Crippen MR) is 105 cm³/mol. The molecule has 2 N–H and O–H groups in total. The summed E-state index contributed by atoms with van der Waals surface area (Å²) in [6.07, 6.45) is 1.98. The van der Waals surface area contributed by atoms with Gasteiger partial charge in [-0.3, -0.25) is 13.9 Å². The fourth-order valence-corrected chi connectivity index (χ4v) is 4.76. The van der Waals surface area contributed by atoms with Gasteiger partial charge in [-0.15, -0.1) is 4.40 Å². The second kappa shape index (κ2) is 6.87. The van der Waals surface area contributed by atoms with Crippen molar-refractivity contribution in [3.63, 3.8) is 0 Å². The van der Waals surface area contributed by atoms with Crippen molar-refractivity contribution in [1.29, 1.82) is 0 Å². The number of carbonyl (C=O) groups excluding carboxylic acids is 1. The quantitative estimate of drug-likeness (QED) is 0.795. The Bertz CT molecular complexity index is 834. The number of amidine groups is 1. The van der Waals surface area contributed by atoms with Crippen LogP contribution in [0.2, 0.25) is 0 Å². The lowest BCUT2D eigenvalue weighted by atomic mass is 9.88. The summed E-state index contributed by atoms with van der Waals surface area (Å²) in [4.78, 5) is 14.7. The number of hydrogen-bond acceptors (Lipinski definition) is 5. The lowest BCUT2D eigenvalue weighted by Crippen LogP contribution is -2.45. The Kier molecular flexibility index (Phi) is 4.56. The molecule has 2 aliphatic heterocycles. The van der Waals surface area contributed by atoms with E-state index >= 15 is 0 Å². The molecule has 5 nitrogen and oxygen atoms in total. The molecule has 2 aromatic carbocycles. The molecule has 136 valence electrons. The molecule has 1 atom stereocenters. The summed E-state index contributed by atoms with van der Waals surface area (Å²) < 4.78 is 24.3. The number of hydrogen-bond donors (Lipinski definition) is 2. The number of ketones is 1. The molecule has 2 heterocycles. The third kappa shape index (κ3) is 3.40. The summed E-state index contributed by atoms with van der Waals surface area (Å²) >= 11 is 0. The Morgan fingerprint density at radius 3 is 2.42 bits per heavy atom. The molecule has 2 aliphatic rings. The minimum absolute atomic E-state index is 0.00612. The Balaban J connectivity index is 1.60. The summed E-state index contributed by atoms with van der Waals surface area (Å²) in [7, 11) is -2.86. The molecule has 26 heavy (non-hydrogen) atoms. The maximum absolute atomic E-state index is 12.6. The van der Waals surface area contributed by atoms with Crippen molar-refractivity contribution in [1.82, 2.24) is 4.90 Å². The van der Waals surface area contributed by atoms with Crippen molar-refractivity contribution in [2.45, 2.75) is 18.8 Å². The van der Waals surface area contributed by atoms with Crippen LogP contribution in [0.1, 0.15) is 40.2 Å². The smallest absolute Gasteiger partial charge is 0.193 e. The van der Waals surface area contributed by atoms with E-state index in [1.165, 1.54) is 0 Å². The highest BCUT2D eigenvalue weighted by molar-refractivity contribution is 8.23. The first-order valence-electron chi connectivity index (χ1n) is 8.84. The van der Waals surface area contributed by atoms with E-state index in [9.17, 15) is 13.9 Å². The van der Waals surface area contributed by atoms with Gasteiger partial charge in [0.1, 0.15) is 5.84 Å². The van der Waals surface area contributed by atoms with E-state index in [-0.39, 0.29) is 11.7 Å². The number of benzene rings is 2. The minimum atomic E-state index is -2.86. The average Bonchev–Trinajstić information content (AvgIpc) is 2.67. The minimum Gasteiger partial charge on any atom is -0.357 e. The van der Waals surface area contributed by atoms with Crippen molar-refractivity contribution >= 4 is 22.4 Å². The lowest BCUT2D eigenvalue weighted by Gasteiger charge is -2.43. The van der Waals surface area contributed by atoms with Crippen LogP contribution in [0.15, 0.2) is 59.0 Å². The third-order valence-corrected chi connectivity index (χ3v) is 6.25. The standard InChI is InChI=1S/C20H22N2O3S/c23-19(16-5-2-1-3-6-16)17-10-8-15(9-11-17)18-7-4-12-22-13-14-26(24,25)21-20(18)22/h1-3,5-6,8-11,18,24-25H,4,7,12-14H2. The normalized spacial score (nSPS) is 22.9. The van der Waals surface area contributed by atoms with E-state index in [1.807, 2.05) is 54.6 Å². The second-order valence-corrected chi connectivity index (χ2v) is 8.64. The summed E-state index contributed by atoms with van der Waals surface area (Å²) in [6.45, 7) is 1.55. The number of rotatable bonds is 3. The van der Waals surface area contributed by atoms with Crippen LogP contribution in [-0.4, -0.2) is 44.5 Å². The SMILES string of the molecule is O=C(c1ccccc1)c1ccc(C2CCCN3CCS(O)(O)N=C23)cc1. The van der Waals surface area contributed by atoms with Crippen LogP contribution >= 0.6 is 10.8 Å². The molecule has 6 heteroatoms. The van der Waals surface area contributed by atoms with Crippen LogP contribution in [0.25, 0.3) is 0 Å². The van der Waals surface area contributed by atoms with Gasteiger partial charge in [0.05, 0.1) is 5.75 Å². The Morgan fingerprint density at radius 1 is 1.00 bits per heavy atom. The van der Waals surface area contributed by atoms with Crippen molar-refractivity contribution in [2.24, 2.45) is 4.40 Å². The molecule has 0 spiro atoms. The van der Waals surface area contributed by atoms with Gasteiger partial charge in [-0.2, -0.15) is 0 Å². The maximum atomic E-state index is 12.6. The van der Waals surface area contributed by atoms with E-state index in [4.69, 9.17) is 0 Å². The zero-order chi connectivity index (χ0) is 18.1. The van der Waals surface area contributed by atoms with Gasteiger partial charge in [-0.25, -0.2) is 0 Å². The Hall–Kier alpha value is -2.15. The largest absolute Gasteiger partial charge is 0.357 e. The molecule has 4 rings (SSSR count). The van der Waals surface area contributed by atoms with Crippen LogP contribution in [-0.2, 0) is 0 Å². The molecule has 1 saturated heterocycles. The zero-order valence-electron chi connectivity index (χ0n) is 14.4. The van der Waals surface area contributed by atoms with Gasteiger partial charge in [-0.05, 0) is 18.4 Å². The van der Waals surface area contributed by atoms with Crippen molar-refractivity contribution < 1.29 is 13.9 Å². The van der Waals surface area contributed by atoms with Gasteiger partial charge in [0.15, 0.2) is 5.78 Å². The van der Waals surface area contributed by atoms with E-state index in [0.29, 0.717) is 23.4 Å². The van der Waals surface area contributed by atoms with E-state index < -0.39 is 10.8 Å². The maximum Gasteiger partial charge on any atom is 0.193 e. The first-order chi connectivity index (χ1) is 12.5. The lowest BCUT2D eigenvalue weighted by molar-refractivity contribution is 0.103. The fraction of sp³-hybridized carbons (Fsp3) is 0.300. The number of piperidine rings is 1. The summed E-state index contributed by atoms with van der Waals surface area (Å²) in [5.41, 5.74) is 2.40. The molecule has 1 fully saturated rings. The molecule has 1 unspecified atom stereocenters. The van der Waals surface area contributed by atoms with Crippen LogP contribution in [0, 0.1) is 0 Å².